The van der Waals surface area contributed by atoms with Crippen molar-refractivity contribution in [2.24, 2.45) is 0 Å². The Labute approximate surface area is 189 Å². The molecule has 2 aliphatic heterocycles. The summed E-state index contributed by atoms with van der Waals surface area (Å²) in [6.07, 6.45) is 1.33. The van der Waals surface area contributed by atoms with Gasteiger partial charge in [-0.1, -0.05) is 23.8 Å². The first-order chi connectivity index (χ1) is 15.3. The molecule has 0 unspecified atom stereocenters. The molecular formula is C25H33FN2O4. The van der Waals surface area contributed by atoms with Crippen molar-refractivity contribution in [1.82, 2.24) is 4.90 Å². The van der Waals surface area contributed by atoms with Crippen molar-refractivity contribution in [1.29, 1.82) is 0 Å². The highest BCUT2D eigenvalue weighted by Crippen LogP contribution is 2.28. The van der Waals surface area contributed by atoms with Crippen LogP contribution in [0.25, 0.3) is 0 Å². The lowest BCUT2D eigenvalue weighted by atomic mass is 9.90. The highest BCUT2D eigenvalue weighted by molar-refractivity contribution is 5.48. The number of hydrogen-bond donors (Lipinski definition) is 2. The van der Waals surface area contributed by atoms with Crippen molar-refractivity contribution >= 4 is 5.69 Å². The van der Waals surface area contributed by atoms with Gasteiger partial charge >= 0.3 is 0 Å². The SMILES string of the molecule is Cc1ccc(N2CCC(O)(CN3CCOC[C@](O)(COc4cccc(F)c4)C3)CC2)cc1. The van der Waals surface area contributed by atoms with Crippen LogP contribution in [0.5, 0.6) is 5.75 Å². The van der Waals surface area contributed by atoms with Crippen molar-refractivity contribution in [3.05, 3.63) is 59.9 Å². The van der Waals surface area contributed by atoms with E-state index in [0.717, 1.165) is 13.1 Å². The second kappa shape index (κ2) is 9.75. The van der Waals surface area contributed by atoms with Gasteiger partial charge in [-0.2, -0.15) is 0 Å². The van der Waals surface area contributed by atoms with E-state index in [1.807, 2.05) is 0 Å². The molecular weight excluding hydrogens is 411 g/mol. The first-order valence-electron chi connectivity index (χ1n) is 11.3. The van der Waals surface area contributed by atoms with Crippen LogP contribution in [0.15, 0.2) is 48.5 Å². The molecule has 0 amide bonds. The van der Waals surface area contributed by atoms with Crippen LogP contribution in [-0.4, -0.2) is 78.9 Å². The second-order valence-electron chi connectivity index (χ2n) is 9.28. The Morgan fingerprint density at radius 3 is 2.50 bits per heavy atom. The maximum Gasteiger partial charge on any atom is 0.134 e. The third kappa shape index (κ3) is 5.98. The Kier molecular flexibility index (Phi) is 7.00. The van der Waals surface area contributed by atoms with E-state index in [9.17, 15) is 14.6 Å². The van der Waals surface area contributed by atoms with Crippen molar-refractivity contribution in [3.8, 4) is 5.75 Å². The van der Waals surface area contributed by atoms with E-state index in [0.29, 0.717) is 44.8 Å². The summed E-state index contributed by atoms with van der Waals surface area (Å²) < 4.78 is 24.7. The van der Waals surface area contributed by atoms with Gasteiger partial charge in [-0.15, -0.1) is 0 Å². The number of hydrogen-bond acceptors (Lipinski definition) is 6. The summed E-state index contributed by atoms with van der Waals surface area (Å²) in [6.45, 7) is 5.69. The molecule has 0 aromatic heterocycles. The van der Waals surface area contributed by atoms with Crippen LogP contribution in [0.1, 0.15) is 18.4 Å². The van der Waals surface area contributed by atoms with Crippen molar-refractivity contribution < 1.29 is 24.1 Å². The maximum atomic E-state index is 13.4. The van der Waals surface area contributed by atoms with Crippen LogP contribution in [0.2, 0.25) is 0 Å². The monoisotopic (exact) mass is 444 g/mol. The molecule has 0 aliphatic carbocycles. The summed E-state index contributed by atoms with van der Waals surface area (Å²) in [6, 6.07) is 14.4. The summed E-state index contributed by atoms with van der Waals surface area (Å²) >= 11 is 0. The van der Waals surface area contributed by atoms with Gasteiger partial charge < -0.3 is 24.6 Å². The number of rotatable bonds is 6. The van der Waals surface area contributed by atoms with Gasteiger partial charge in [0.1, 0.15) is 23.8 Å². The van der Waals surface area contributed by atoms with Crippen LogP contribution in [0.3, 0.4) is 0 Å². The normalized spacial score (nSPS) is 24.2. The van der Waals surface area contributed by atoms with Crippen LogP contribution in [-0.2, 0) is 4.74 Å². The topological polar surface area (TPSA) is 65.4 Å². The number of halogens is 1. The number of β-amino-alcohol motifs (C(OH)–C–C–N with tert-alkyl or cyclic N) is 2. The third-order valence-electron chi connectivity index (χ3n) is 6.36. The van der Waals surface area contributed by atoms with E-state index >= 15 is 0 Å². The zero-order chi connectivity index (χ0) is 22.6. The lowest BCUT2D eigenvalue weighted by Gasteiger charge is -2.42. The van der Waals surface area contributed by atoms with Gasteiger partial charge in [0.2, 0.25) is 0 Å². The van der Waals surface area contributed by atoms with Crippen LogP contribution in [0, 0.1) is 12.7 Å². The molecule has 2 heterocycles. The smallest absolute Gasteiger partial charge is 0.134 e. The minimum atomic E-state index is -1.23. The Morgan fingerprint density at radius 2 is 1.78 bits per heavy atom. The third-order valence-corrected chi connectivity index (χ3v) is 6.36. The van der Waals surface area contributed by atoms with Crippen LogP contribution < -0.4 is 9.64 Å². The highest BCUT2D eigenvalue weighted by Gasteiger charge is 2.39. The fourth-order valence-electron chi connectivity index (χ4n) is 4.50. The van der Waals surface area contributed by atoms with Gasteiger partial charge in [0.05, 0.1) is 18.8 Å². The summed E-state index contributed by atoms with van der Waals surface area (Å²) in [5, 5.41) is 22.4. The maximum absolute atomic E-state index is 13.4. The lowest BCUT2D eigenvalue weighted by molar-refractivity contribution is -0.0742. The highest BCUT2D eigenvalue weighted by atomic mass is 19.1. The van der Waals surface area contributed by atoms with Gasteiger partial charge in [0, 0.05) is 44.5 Å². The van der Waals surface area contributed by atoms with Gasteiger partial charge in [0.25, 0.3) is 0 Å². The minimum absolute atomic E-state index is 0.00736. The summed E-state index contributed by atoms with van der Waals surface area (Å²) in [5.74, 6) is -0.0104. The van der Waals surface area contributed by atoms with Crippen molar-refractivity contribution in [2.45, 2.75) is 31.0 Å². The van der Waals surface area contributed by atoms with E-state index < -0.39 is 11.2 Å². The van der Waals surface area contributed by atoms with E-state index in [4.69, 9.17) is 9.47 Å². The molecule has 2 aromatic rings. The fourth-order valence-corrected chi connectivity index (χ4v) is 4.50. The molecule has 2 aromatic carbocycles. The molecule has 4 rings (SSSR count). The molecule has 174 valence electrons. The largest absolute Gasteiger partial charge is 0.490 e. The number of benzene rings is 2. The summed E-state index contributed by atoms with van der Waals surface area (Å²) in [7, 11) is 0. The van der Waals surface area contributed by atoms with E-state index in [1.165, 1.54) is 23.4 Å². The van der Waals surface area contributed by atoms with Gasteiger partial charge in [-0.3, -0.25) is 4.90 Å². The molecule has 0 radical (unpaired) electrons. The Balaban J connectivity index is 1.33. The Hall–Kier alpha value is -2.19. The zero-order valence-corrected chi connectivity index (χ0v) is 18.7. The average Bonchev–Trinajstić information content (AvgIpc) is 2.95. The number of nitrogens with zero attached hydrogens (tertiary/aromatic N) is 2. The molecule has 6 nitrogen and oxygen atoms in total. The zero-order valence-electron chi connectivity index (χ0n) is 18.7. The van der Waals surface area contributed by atoms with E-state index in [1.54, 1.807) is 12.1 Å². The summed E-state index contributed by atoms with van der Waals surface area (Å²) in [4.78, 5) is 4.37. The van der Waals surface area contributed by atoms with Crippen LogP contribution >= 0.6 is 0 Å². The standard InChI is InChI=1S/C25H33FN2O4/c1-20-5-7-22(8-6-20)28-11-9-24(29,10-12-28)16-27-13-14-31-18-25(30,17-27)19-32-23-4-2-3-21(26)15-23/h2-8,15,29-30H,9-14,16-19H2,1H3/t25-/m0/s1. The Bertz CT molecular complexity index is 886. The average molecular weight is 445 g/mol. The number of aryl methyl sites for hydroxylation is 1. The molecule has 7 heteroatoms. The van der Waals surface area contributed by atoms with Gasteiger partial charge in [0.15, 0.2) is 0 Å². The summed E-state index contributed by atoms with van der Waals surface area (Å²) in [5.41, 5.74) is 0.377. The molecule has 0 bridgehead atoms. The predicted octanol–water partition coefficient (Wildman–Crippen LogP) is 2.61. The number of aliphatic hydroxyl groups is 2. The van der Waals surface area contributed by atoms with Crippen LogP contribution in [0.4, 0.5) is 10.1 Å². The van der Waals surface area contributed by atoms with E-state index in [2.05, 4.69) is 41.0 Å². The molecule has 2 saturated heterocycles. The first kappa shape index (κ1) is 23.0. The predicted molar refractivity (Wildman–Crippen MR) is 122 cm³/mol. The fraction of sp³-hybridized carbons (Fsp3) is 0.520. The number of piperidine rings is 1. The number of ether oxygens (including phenoxy) is 2. The second-order valence-corrected chi connectivity index (χ2v) is 9.28. The molecule has 2 aliphatic rings. The van der Waals surface area contributed by atoms with E-state index in [-0.39, 0.29) is 19.0 Å². The molecule has 2 fully saturated rings. The first-order valence-corrected chi connectivity index (χ1v) is 11.3. The number of anilines is 1. The van der Waals surface area contributed by atoms with Crippen molar-refractivity contribution in [3.63, 3.8) is 0 Å². The quantitative estimate of drug-likeness (QED) is 0.714. The Morgan fingerprint density at radius 1 is 1.03 bits per heavy atom. The van der Waals surface area contributed by atoms with Gasteiger partial charge in [-0.25, -0.2) is 4.39 Å². The van der Waals surface area contributed by atoms with Gasteiger partial charge in [-0.05, 0) is 44.0 Å². The minimum Gasteiger partial charge on any atom is -0.490 e. The molecule has 2 N–H and O–H groups in total. The molecule has 0 spiro atoms. The molecule has 1 atom stereocenters. The molecule has 0 saturated carbocycles. The van der Waals surface area contributed by atoms with Crippen molar-refractivity contribution in [2.75, 3.05) is 57.4 Å². The molecule has 32 heavy (non-hydrogen) atoms. The lowest BCUT2D eigenvalue weighted by Crippen LogP contribution is -2.55.